The number of carbonyl (C=O) groups excluding carboxylic acids is 2. The van der Waals surface area contributed by atoms with E-state index in [9.17, 15) is 9.59 Å². The normalized spacial score (nSPS) is 13.6. The molecule has 0 heterocycles. The Labute approximate surface area is 107 Å². The van der Waals surface area contributed by atoms with Crippen molar-refractivity contribution in [1.29, 1.82) is 0 Å². The van der Waals surface area contributed by atoms with E-state index < -0.39 is 5.41 Å². The summed E-state index contributed by atoms with van der Waals surface area (Å²) in [6.45, 7) is 9.60. The van der Waals surface area contributed by atoms with Crippen LogP contribution in [-0.4, -0.2) is 21.7 Å². The zero-order valence-corrected chi connectivity index (χ0v) is 12.5. The van der Waals surface area contributed by atoms with Crippen molar-refractivity contribution in [2.45, 2.75) is 41.0 Å². The summed E-state index contributed by atoms with van der Waals surface area (Å²) in [4.78, 5) is 23.7. The Morgan fingerprint density at radius 2 is 1.75 bits per heavy atom. The Balaban J connectivity index is 4.49. The van der Waals surface area contributed by atoms with Crippen molar-refractivity contribution >= 4 is 33.8 Å². The molecule has 0 aromatic heterocycles. The van der Waals surface area contributed by atoms with E-state index in [-0.39, 0.29) is 16.1 Å². The first-order chi connectivity index (χ1) is 7.37. The predicted octanol–water partition coefficient (Wildman–Crippen LogP) is 3.60. The molecule has 0 amide bonds. The van der Waals surface area contributed by atoms with Crippen LogP contribution in [0, 0.1) is 11.3 Å². The summed E-state index contributed by atoms with van der Waals surface area (Å²) < 4.78 is 0. The van der Waals surface area contributed by atoms with Gasteiger partial charge in [-0.1, -0.05) is 58.1 Å². The lowest BCUT2D eigenvalue weighted by Gasteiger charge is -2.28. The van der Waals surface area contributed by atoms with Crippen molar-refractivity contribution in [3.05, 3.63) is 0 Å². The highest BCUT2D eigenvalue weighted by Crippen LogP contribution is 2.35. The van der Waals surface area contributed by atoms with Crippen molar-refractivity contribution in [3.8, 4) is 0 Å². The lowest BCUT2D eigenvalue weighted by molar-refractivity contribution is -0.127. The lowest BCUT2D eigenvalue weighted by atomic mass is 9.82. The van der Waals surface area contributed by atoms with Gasteiger partial charge in [0.25, 0.3) is 0 Å². The molecule has 0 bridgehead atoms. The van der Waals surface area contributed by atoms with E-state index in [4.69, 9.17) is 0 Å². The molecule has 0 spiro atoms. The molecule has 0 aromatic carbocycles. The molecule has 94 valence electrons. The van der Waals surface area contributed by atoms with E-state index >= 15 is 0 Å². The Hall–Kier alpha value is 0.0400. The third kappa shape index (κ3) is 4.50. The fraction of sp³-hybridized carbons (Fsp3) is 0.833. The molecule has 0 aliphatic carbocycles. The van der Waals surface area contributed by atoms with Gasteiger partial charge in [0.05, 0.1) is 0 Å². The first kappa shape index (κ1) is 16.0. The molecule has 0 fully saturated rings. The minimum atomic E-state index is -0.557. The van der Waals surface area contributed by atoms with Crippen LogP contribution in [0.5, 0.6) is 0 Å². The molecule has 4 heteroatoms. The van der Waals surface area contributed by atoms with Crippen LogP contribution in [0.25, 0.3) is 0 Å². The standard InChI is InChI=1S/C12H22O2S2/c1-6-8-16-10(13)9(3)12(4,5)11(14)15-7-2/h9H,6-8H2,1-5H3. The van der Waals surface area contributed by atoms with Crippen LogP contribution >= 0.6 is 23.5 Å². The molecule has 0 N–H and O–H groups in total. The zero-order valence-electron chi connectivity index (χ0n) is 10.8. The van der Waals surface area contributed by atoms with Gasteiger partial charge in [-0.3, -0.25) is 9.59 Å². The average molecular weight is 262 g/mol. The van der Waals surface area contributed by atoms with Crippen LogP contribution < -0.4 is 0 Å². The quantitative estimate of drug-likeness (QED) is 0.732. The lowest BCUT2D eigenvalue weighted by Crippen LogP contribution is -2.33. The summed E-state index contributed by atoms with van der Waals surface area (Å²) in [5, 5.41) is 0.254. The molecule has 16 heavy (non-hydrogen) atoms. The first-order valence-electron chi connectivity index (χ1n) is 5.71. The van der Waals surface area contributed by atoms with Gasteiger partial charge in [-0.05, 0) is 12.2 Å². The smallest absolute Gasteiger partial charge is 0.195 e. The second-order valence-electron chi connectivity index (χ2n) is 4.33. The molecule has 0 saturated heterocycles. The Morgan fingerprint density at radius 1 is 1.19 bits per heavy atom. The van der Waals surface area contributed by atoms with Gasteiger partial charge in [-0.25, -0.2) is 0 Å². The van der Waals surface area contributed by atoms with Gasteiger partial charge in [-0.15, -0.1) is 0 Å². The van der Waals surface area contributed by atoms with Crippen LogP contribution in [-0.2, 0) is 9.59 Å². The van der Waals surface area contributed by atoms with E-state index in [0.717, 1.165) is 17.9 Å². The van der Waals surface area contributed by atoms with E-state index in [2.05, 4.69) is 0 Å². The summed E-state index contributed by atoms with van der Waals surface area (Å²) in [5.74, 6) is 1.40. The molecule has 0 aliphatic heterocycles. The minimum absolute atomic E-state index is 0.118. The summed E-state index contributed by atoms with van der Waals surface area (Å²) in [7, 11) is 0. The maximum atomic E-state index is 11.9. The van der Waals surface area contributed by atoms with Gasteiger partial charge < -0.3 is 0 Å². The van der Waals surface area contributed by atoms with Crippen molar-refractivity contribution in [2.24, 2.45) is 11.3 Å². The van der Waals surface area contributed by atoms with E-state index in [1.165, 1.54) is 23.5 Å². The monoisotopic (exact) mass is 262 g/mol. The van der Waals surface area contributed by atoms with Gasteiger partial charge in [0, 0.05) is 17.1 Å². The topological polar surface area (TPSA) is 34.1 Å². The maximum absolute atomic E-state index is 11.9. The van der Waals surface area contributed by atoms with E-state index in [1.54, 1.807) is 0 Å². The van der Waals surface area contributed by atoms with Crippen LogP contribution in [0.2, 0.25) is 0 Å². The molecule has 0 saturated carbocycles. The SMILES string of the molecule is CCCSC(=O)C(C)C(C)(C)C(=O)SCC. The van der Waals surface area contributed by atoms with Crippen molar-refractivity contribution in [1.82, 2.24) is 0 Å². The van der Waals surface area contributed by atoms with Crippen molar-refractivity contribution in [3.63, 3.8) is 0 Å². The predicted molar refractivity (Wildman–Crippen MR) is 73.8 cm³/mol. The molecular formula is C12H22O2S2. The number of carbonyl (C=O) groups is 2. The Morgan fingerprint density at radius 3 is 2.19 bits per heavy atom. The summed E-state index contributed by atoms with van der Waals surface area (Å²) >= 11 is 2.65. The third-order valence-corrected chi connectivity index (χ3v) is 5.01. The van der Waals surface area contributed by atoms with Crippen molar-refractivity contribution < 1.29 is 9.59 Å². The fourth-order valence-electron chi connectivity index (χ4n) is 1.12. The van der Waals surface area contributed by atoms with E-state index in [1.807, 2.05) is 34.6 Å². The largest absolute Gasteiger partial charge is 0.287 e. The minimum Gasteiger partial charge on any atom is -0.287 e. The van der Waals surface area contributed by atoms with Crippen LogP contribution in [0.1, 0.15) is 41.0 Å². The van der Waals surface area contributed by atoms with Crippen molar-refractivity contribution in [2.75, 3.05) is 11.5 Å². The molecule has 0 aliphatic rings. The number of thioether (sulfide) groups is 2. The molecule has 0 rings (SSSR count). The van der Waals surface area contributed by atoms with Gasteiger partial charge in [0.1, 0.15) is 0 Å². The fourth-order valence-corrected chi connectivity index (χ4v) is 2.88. The molecule has 0 radical (unpaired) electrons. The number of hydrogen-bond donors (Lipinski definition) is 0. The molecule has 2 nitrogen and oxygen atoms in total. The van der Waals surface area contributed by atoms with Gasteiger partial charge in [-0.2, -0.15) is 0 Å². The number of rotatable bonds is 6. The summed E-state index contributed by atoms with van der Waals surface area (Å²) in [6, 6.07) is 0. The summed E-state index contributed by atoms with van der Waals surface area (Å²) in [6.07, 6.45) is 0.987. The van der Waals surface area contributed by atoms with Crippen LogP contribution in [0.15, 0.2) is 0 Å². The van der Waals surface area contributed by atoms with Gasteiger partial charge in [0.15, 0.2) is 10.2 Å². The molecule has 0 aromatic rings. The second kappa shape index (κ2) is 7.38. The Bertz CT molecular complexity index is 249. The van der Waals surface area contributed by atoms with Crippen LogP contribution in [0.3, 0.4) is 0 Å². The Kier molecular flexibility index (Phi) is 7.40. The summed E-state index contributed by atoms with van der Waals surface area (Å²) in [5.41, 5.74) is -0.557. The van der Waals surface area contributed by atoms with Gasteiger partial charge >= 0.3 is 0 Å². The molecule has 1 atom stereocenters. The highest BCUT2D eigenvalue weighted by molar-refractivity contribution is 8.14. The average Bonchev–Trinajstić information content (AvgIpc) is 2.24. The van der Waals surface area contributed by atoms with Crippen LogP contribution in [0.4, 0.5) is 0 Å². The highest BCUT2D eigenvalue weighted by Gasteiger charge is 2.37. The van der Waals surface area contributed by atoms with E-state index in [0.29, 0.717) is 0 Å². The first-order valence-corrected chi connectivity index (χ1v) is 7.68. The molecular weight excluding hydrogens is 240 g/mol. The highest BCUT2D eigenvalue weighted by atomic mass is 32.2. The van der Waals surface area contributed by atoms with Gasteiger partial charge in [0.2, 0.25) is 0 Å². The second-order valence-corrected chi connectivity index (χ2v) is 6.67. The number of hydrogen-bond acceptors (Lipinski definition) is 4. The molecule has 1 unspecified atom stereocenters. The maximum Gasteiger partial charge on any atom is 0.195 e. The third-order valence-electron chi connectivity index (χ3n) is 2.69. The zero-order chi connectivity index (χ0) is 12.8.